The first-order valence-electron chi connectivity index (χ1n) is 7.70. The van der Waals surface area contributed by atoms with Crippen molar-refractivity contribution in [1.29, 1.82) is 0 Å². The van der Waals surface area contributed by atoms with Gasteiger partial charge in [-0.1, -0.05) is 24.3 Å². The fourth-order valence-corrected chi connectivity index (χ4v) is 2.99. The average Bonchev–Trinajstić information content (AvgIpc) is 3.15. The Hall–Kier alpha value is -0.860. The Morgan fingerprint density at radius 1 is 1.16 bits per heavy atom. The van der Waals surface area contributed by atoms with Gasteiger partial charge in [0.2, 0.25) is 0 Å². The SMILES string of the molecule is CC1(C)CCCN1Cc1ccc(CNC2CC2)cc1. The van der Waals surface area contributed by atoms with Gasteiger partial charge in [-0.15, -0.1) is 0 Å². The molecule has 1 aromatic rings. The topological polar surface area (TPSA) is 15.3 Å². The molecule has 3 rings (SSSR count). The van der Waals surface area contributed by atoms with Crippen molar-refractivity contribution in [3.63, 3.8) is 0 Å². The maximum Gasteiger partial charge on any atom is 0.0239 e. The molecule has 1 saturated heterocycles. The Bertz CT molecular complexity index is 417. The van der Waals surface area contributed by atoms with Crippen molar-refractivity contribution in [1.82, 2.24) is 10.2 Å². The van der Waals surface area contributed by atoms with Crippen LogP contribution < -0.4 is 5.32 Å². The summed E-state index contributed by atoms with van der Waals surface area (Å²) in [4.78, 5) is 2.62. The molecule has 19 heavy (non-hydrogen) atoms. The Morgan fingerprint density at radius 3 is 2.42 bits per heavy atom. The number of rotatable bonds is 5. The molecule has 2 fully saturated rings. The zero-order valence-corrected chi connectivity index (χ0v) is 12.3. The quantitative estimate of drug-likeness (QED) is 0.871. The van der Waals surface area contributed by atoms with E-state index >= 15 is 0 Å². The minimum Gasteiger partial charge on any atom is -0.310 e. The minimum atomic E-state index is 0.381. The second kappa shape index (κ2) is 5.26. The molecular weight excluding hydrogens is 232 g/mol. The lowest BCUT2D eigenvalue weighted by Crippen LogP contribution is -2.37. The van der Waals surface area contributed by atoms with E-state index in [-0.39, 0.29) is 0 Å². The maximum absolute atomic E-state index is 3.57. The fourth-order valence-electron chi connectivity index (χ4n) is 2.99. The molecule has 2 heteroatoms. The smallest absolute Gasteiger partial charge is 0.0239 e. The van der Waals surface area contributed by atoms with Crippen LogP contribution in [0.1, 0.15) is 50.7 Å². The van der Waals surface area contributed by atoms with Crippen LogP contribution in [0.25, 0.3) is 0 Å². The van der Waals surface area contributed by atoms with E-state index < -0.39 is 0 Å². The molecule has 0 aromatic heterocycles. The van der Waals surface area contributed by atoms with E-state index in [1.54, 1.807) is 0 Å². The van der Waals surface area contributed by atoms with Gasteiger partial charge >= 0.3 is 0 Å². The van der Waals surface area contributed by atoms with Crippen LogP contribution in [-0.2, 0) is 13.1 Å². The summed E-state index contributed by atoms with van der Waals surface area (Å²) >= 11 is 0. The van der Waals surface area contributed by atoms with Crippen molar-refractivity contribution in [2.45, 2.75) is 64.2 Å². The zero-order valence-electron chi connectivity index (χ0n) is 12.3. The van der Waals surface area contributed by atoms with Gasteiger partial charge in [-0.3, -0.25) is 4.90 Å². The summed E-state index contributed by atoms with van der Waals surface area (Å²) < 4.78 is 0. The molecule has 0 atom stereocenters. The van der Waals surface area contributed by atoms with Crippen LogP contribution >= 0.6 is 0 Å². The molecule has 1 aliphatic heterocycles. The first-order chi connectivity index (χ1) is 9.13. The Balaban J connectivity index is 1.56. The highest BCUT2D eigenvalue weighted by Gasteiger charge is 2.31. The summed E-state index contributed by atoms with van der Waals surface area (Å²) in [6, 6.07) is 9.98. The minimum absolute atomic E-state index is 0.381. The van der Waals surface area contributed by atoms with Gasteiger partial charge in [-0.2, -0.15) is 0 Å². The maximum atomic E-state index is 3.57. The van der Waals surface area contributed by atoms with E-state index in [9.17, 15) is 0 Å². The number of nitrogens with one attached hydrogen (secondary N) is 1. The third kappa shape index (κ3) is 3.37. The largest absolute Gasteiger partial charge is 0.310 e. The van der Waals surface area contributed by atoms with Crippen LogP contribution in [-0.4, -0.2) is 23.0 Å². The number of nitrogens with zero attached hydrogens (tertiary/aromatic N) is 1. The molecule has 0 bridgehead atoms. The molecule has 1 aliphatic carbocycles. The van der Waals surface area contributed by atoms with E-state index in [1.165, 1.54) is 43.4 Å². The molecule has 1 saturated carbocycles. The van der Waals surface area contributed by atoms with E-state index in [0.717, 1.165) is 19.1 Å². The van der Waals surface area contributed by atoms with Gasteiger partial charge in [0.05, 0.1) is 0 Å². The molecular formula is C17H26N2. The Kier molecular flexibility index (Phi) is 3.64. The third-order valence-corrected chi connectivity index (χ3v) is 4.64. The normalized spacial score (nSPS) is 22.8. The second-order valence-corrected chi connectivity index (χ2v) is 6.81. The Labute approximate surface area is 117 Å². The lowest BCUT2D eigenvalue weighted by molar-refractivity contribution is 0.166. The van der Waals surface area contributed by atoms with E-state index in [2.05, 4.69) is 48.3 Å². The Morgan fingerprint density at radius 2 is 1.84 bits per heavy atom. The molecule has 0 radical (unpaired) electrons. The second-order valence-electron chi connectivity index (χ2n) is 6.81. The van der Waals surface area contributed by atoms with Crippen molar-refractivity contribution in [3.8, 4) is 0 Å². The highest BCUT2D eigenvalue weighted by atomic mass is 15.2. The van der Waals surface area contributed by atoms with Crippen LogP contribution in [0, 0.1) is 0 Å². The summed E-state index contributed by atoms with van der Waals surface area (Å²) in [7, 11) is 0. The van der Waals surface area contributed by atoms with Crippen molar-refractivity contribution in [3.05, 3.63) is 35.4 Å². The summed E-state index contributed by atoms with van der Waals surface area (Å²) in [5.41, 5.74) is 3.24. The molecule has 2 nitrogen and oxygen atoms in total. The number of hydrogen-bond donors (Lipinski definition) is 1. The standard InChI is InChI=1S/C17H26N2/c1-17(2)10-3-11-19(17)13-15-6-4-14(5-7-15)12-18-16-8-9-16/h4-7,16,18H,3,8-13H2,1-2H3. The summed E-state index contributed by atoms with van der Waals surface area (Å²) in [6.45, 7) is 8.11. The first kappa shape index (κ1) is 13.1. The predicted octanol–water partition coefficient (Wildman–Crippen LogP) is 3.31. The molecule has 0 amide bonds. The molecule has 1 aromatic carbocycles. The lowest BCUT2D eigenvalue weighted by atomic mass is 10.0. The van der Waals surface area contributed by atoms with Gasteiger partial charge in [-0.25, -0.2) is 0 Å². The summed E-state index contributed by atoms with van der Waals surface area (Å²) in [5.74, 6) is 0. The van der Waals surface area contributed by atoms with Crippen LogP contribution in [0.5, 0.6) is 0 Å². The number of benzene rings is 1. The number of hydrogen-bond acceptors (Lipinski definition) is 2. The van der Waals surface area contributed by atoms with Crippen LogP contribution in [0.4, 0.5) is 0 Å². The van der Waals surface area contributed by atoms with Crippen molar-refractivity contribution >= 4 is 0 Å². The van der Waals surface area contributed by atoms with Gasteiger partial charge in [0.25, 0.3) is 0 Å². The van der Waals surface area contributed by atoms with Crippen LogP contribution in [0.15, 0.2) is 24.3 Å². The molecule has 0 unspecified atom stereocenters. The van der Waals surface area contributed by atoms with Crippen LogP contribution in [0.3, 0.4) is 0 Å². The molecule has 1 N–H and O–H groups in total. The highest BCUT2D eigenvalue weighted by Crippen LogP contribution is 2.29. The average molecular weight is 258 g/mol. The van der Waals surface area contributed by atoms with Gasteiger partial charge in [0.15, 0.2) is 0 Å². The van der Waals surface area contributed by atoms with Crippen molar-refractivity contribution in [2.75, 3.05) is 6.54 Å². The van der Waals surface area contributed by atoms with E-state index in [4.69, 9.17) is 0 Å². The zero-order chi connectivity index (χ0) is 13.3. The monoisotopic (exact) mass is 258 g/mol. The predicted molar refractivity (Wildman–Crippen MR) is 80.0 cm³/mol. The van der Waals surface area contributed by atoms with E-state index in [1.807, 2.05) is 0 Å². The van der Waals surface area contributed by atoms with Crippen molar-refractivity contribution in [2.24, 2.45) is 0 Å². The summed E-state index contributed by atoms with van der Waals surface area (Å²) in [6.07, 6.45) is 5.40. The van der Waals surface area contributed by atoms with Gasteiger partial charge < -0.3 is 5.32 Å². The van der Waals surface area contributed by atoms with Gasteiger partial charge in [0.1, 0.15) is 0 Å². The van der Waals surface area contributed by atoms with E-state index in [0.29, 0.717) is 5.54 Å². The fraction of sp³-hybridized carbons (Fsp3) is 0.647. The first-order valence-corrected chi connectivity index (χ1v) is 7.70. The molecule has 0 spiro atoms. The number of likely N-dealkylation sites (tertiary alicyclic amines) is 1. The van der Waals surface area contributed by atoms with Crippen LogP contribution in [0.2, 0.25) is 0 Å². The van der Waals surface area contributed by atoms with Gasteiger partial charge in [0, 0.05) is 24.7 Å². The van der Waals surface area contributed by atoms with Gasteiger partial charge in [-0.05, 0) is 57.2 Å². The highest BCUT2D eigenvalue weighted by molar-refractivity contribution is 5.23. The molecule has 1 heterocycles. The lowest BCUT2D eigenvalue weighted by Gasteiger charge is -2.31. The van der Waals surface area contributed by atoms with Crippen molar-refractivity contribution < 1.29 is 0 Å². The third-order valence-electron chi connectivity index (χ3n) is 4.64. The molecule has 2 aliphatic rings. The summed E-state index contributed by atoms with van der Waals surface area (Å²) in [5, 5.41) is 3.57. The molecule has 104 valence electrons.